The molecule has 5 rings (SSSR count). The number of furan rings is 1. The number of anilines is 1. The first-order valence-corrected chi connectivity index (χ1v) is 10.2. The molecule has 1 atom stereocenters. The van der Waals surface area contributed by atoms with Gasteiger partial charge in [0.15, 0.2) is 0 Å². The number of nitrogens with one attached hydrogen (secondary N) is 2. The van der Waals surface area contributed by atoms with Crippen molar-refractivity contribution in [3.8, 4) is 0 Å². The molecule has 7 heteroatoms. The van der Waals surface area contributed by atoms with Gasteiger partial charge in [-0.05, 0) is 31.4 Å². The molecule has 2 aliphatic heterocycles. The van der Waals surface area contributed by atoms with E-state index in [4.69, 9.17) is 16.0 Å². The van der Waals surface area contributed by atoms with Crippen molar-refractivity contribution >= 4 is 34.3 Å². The van der Waals surface area contributed by atoms with Crippen molar-refractivity contribution in [3.05, 3.63) is 28.5 Å². The van der Waals surface area contributed by atoms with Gasteiger partial charge < -0.3 is 20.2 Å². The monoisotopic (exact) mass is 389 g/mol. The van der Waals surface area contributed by atoms with Gasteiger partial charge in [-0.15, -0.1) is 0 Å². The third kappa shape index (κ3) is 2.91. The van der Waals surface area contributed by atoms with Crippen molar-refractivity contribution in [1.29, 1.82) is 0 Å². The Hall–Kier alpha value is -1.76. The van der Waals surface area contributed by atoms with Crippen molar-refractivity contribution in [1.82, 2.24) is 10.2 Å². The zero-order valence-corrected chi connectivity index (χ0v) is 15.9. The van der Waals surface area contributed by atoms with Gasteiger partial charge in [-0.2, -0.15) is 0 Å². The maximum atomic E-state index is 12.3. The van der Waals surface area contributed by atoms with Crippen molar-refractivity contribution in [2.45, 2.75) is 56.7 Å². The van der Waals surface area contributed by atoms with Crippen LogP contribution in [0, 0.1) is 0 Å². The van der Waals surface area contributed by atoms with E-state index in [9.17, 15) is 9.90 Å². The summed E-state index contributed by atoms with van der Waals surface area (Å²) >= 11 is 6.56. The van der Waals surface area contributed by atoms with E-state index < -0.39 is 5.54 Å². The fourth-order valence-corrected chi connectivity index (χ4v) is 5.25. The second kappa shape index (κ2) is 6.40. The number of hydrogen-bond acceptors (Lipinski definition) is 4. The summed E-state index contributed by atoms with van der Waals surface area (Å²) in [6.07, 6.45) is 5.70. The highest BCUT2D eigenvalue weighted by molar-refractivity contribution is 6.35. The Morgan fingerprint density at radius 1 is 1.30 bits per heavy atom. The van der Waals surface area contributed by atoms with Gasteiger partial charge in [-0.25, -0.2) is 4.79 Å². The molecule has 2 fully saturated rings. The Morgan fingerprint density at radius 2 is 2.11 bits per heavy atom. The fraction of sp³-hybridized carbons (Fsp3) is 0.550. The van der Waals surface area contributed by atoms with Crippen molar-refractivity contribution < 1.29 is 14.3 Å². The van der Waals surface area contributed by atoms with Crippen LogP contribution in [0.1, 0.15) is 49.8 Å². The lowest BCUT2D eigenvalue weighted by Crippen LogP contribution is -2.52. The summed E-state index contributed by atoms with van der Waals surface area (Å²) in [5.74, 6) is 0.867. The highest BCUT2D eigenvalue weighted by atomic mass is 35.5. The second-order valence-electron chi connectivity index (χ2n) is 8.14. The van der Waals surface area contributed by atoms with E-state index in [0.29, 0.717) is 23.8 Å². The lowest BCUT2D eigenvalue weighted by molar-refractivity contribution is 0.172. The fourth-order valence-electron chi connectivity index (χ4n) is 4.99. The summed E-state index contributed by atoms with van der Waals surface area (Å²) in [6, 6.07) is 3.73. The largest absolute Gasteiger partial charge is 0.459 e. The number of urea groups is 1. The van der Waals surface area contributed by atoms with E-state index in [0.717, 1.165) is 60.9 Å². The minimum Gasteiger partial charge on any atom is -0.459 e. The van der Waals surface area contributed by atoms with E-state index in [1.165, 1.54) is 6.42 Å². The van der Waals surface area contributed by atoms with Crippen LogP contribution >= 0.6 is 11.6 Å². The van der Waals surface area contributed by atoms with Crippen LogP contribution in [-0.2, 0) is 12.1 Å². The number of aliphatic hydroxyl groups excluding tert-OH is 1. The predicted octanol–water partition coefficient (Wildman–Crippen LogP) is 3.95. The highest BCUT2D eigenvalue weighted by Gasteiger charge is 2.43. The van der Waals surface area contributed by atoms with Crippen LogP contribution in [0.15, 0.2) is 16.5 Å². The molecular weight excluding hydrogens is 366 g/mol. The molecule has 1 aliphatic carbocycles. The number of fused-ring (bicyclic) bond motifs is 4. The maximum absolute atomic E-state index is 12.3. The summed E-state index contributed by atoms with van der Waals surface area (Å²) in [5.41, 5.74) is 2.10. The number of benzene rings is 1. The lowest BCUT2D eigenvalue weighted by atomic mass is 9.74. The minimum absolute atomic E-state index is 0.191. The Labute approximate surface area is 162 Å². The summed E-state index contributed by atoms with van der Waals surface area (Å²) in [7, 11) is 0. The summed E-state index contributed by atoms with van der Waals surface area (Å²) in [5, 5.41) is 17.4. The lowest BCUT2D eigenvalue weighted by Gasteiger charge is -2.42. The Kier molecular flexibility index (Phi) is 4.11. The van der Waals surface area contributed by atoms with E-state index in [1.54, 1.807) is 0 Å². The van der Waals surface area contributed by atoms with Crippen molar-refractivity contribution in [2.24, 2.45) is 0 Å². The molecule has 1 saturated carbocycles. The Bertz CT molecular complexity index is 903. The van der Waals surface area contributed by atoms with Crippen LogP contribution in [0.4, 0.5) is 10.5 Å². The number of amides is 2. The normalized spacial score (nSPS) is 24.8. The van der Waals surface area contributed by atoms with E-state index >= 15 is 0 Å². The first-order valence-electron chi connectivity index (χ1n) is 9.79. The topological polar surface area (TPSA) is 77.7 Å². The quantitative estimate of drug-likeness (QED) is 0.726. The smallest absolute Gasteiger partial charge is 0.319 e. The summed E-state index contributed by atoms with van der Waals surface area (Å²) < 4.78 is 6.31. The van der Waals surface area contributed by atoms with Gasteiger partial charge in [-0.3, -0.25) is 4.90 Å². The average molecular weight is 390 g/mol. The summed E-state index contributed by atoms with van der Waals surface area (Å²) in [4.78, 5) is 14.5. The highest BCUT2D eigenvalue weighted by Crippen LogP contribution is 2.49. The molecule has 1 aromatic carbocycles. The average Bonchev–Trinajstić information content (AvgIpc) is 3.21. The van der Waals surface area contributed by atoms with Crippen LogP contribution in [-0.4, -0.2) is 35.2 Å². The molecule has 144 valence electrons. The summed E-state index contributed by atoms with van der Waals surface area (Å²) in [6.45, 7) is 2.22. The molecule has 3 N–H and O–H groups in total. The standard InChI is InChI=1S/C20H24ClN3O3/c21-15-9-12-8-14(11-24-7-4-13(25)10-24)27-18(12)16-17(15)22-19(26)23-20(16)5-2-1-3-6-20/h8-9,13,25H,1-7,10-11H2,(H2,22,23,26). The van der Waals surface area contributed by atoms with Crippen LogP contribution in [0.2, 0.25) is 5.02 Å². The first-order chi connectivity index (χ1) is 13.0. The van der Waals surface area contributed by atoms with Gasteiger partial charge in [0.2, 0.25) is 0 Å². The van der Waals surface area contributed by atoms with Crippen LogP contribution in [0.3, 0.4) is 0 Å². The number of carbonyl (C=O) groups excluding carboxylic acids is 1. The third-order valence-electron chi connectivity index (χ3n) is 6.21. The number of likely N-dealkylation sites (tertiary alicyclic amines) is 1. The molecule has 3 heterocycles. The Morgan fingerprint density at radius 3 is 2.85 bits per heavy atom. The molecule has 1 aromatic heterocycles. The molecule has 0 radical (unpaired) electrons. The van der Waals surface area contributed by atoms with Gasteiger partial charge in [0.25, 0.3) is 0 Å². The molecule has 27 heavy (non-hydrogen) atoms. The van der Waals surface area contributed by atoms with E-state index in [-0.39, 0.29) is 12.1 Å². The van der Waals surface area contributed by atoms with Gasteiger partial charge in [0.05, 0.1) is 28.9 Å². The molecular formula is C20H24ClN3O3. The zero-order valence-electron chi connectivity index (χ0n) is 15.2. The predicted molar refractivity (Wildman–Crippen MR) is 104 cm³/mol. The zero-order chi connectivity index (χ0) is 18.6. The molecule has 1 spiro atoms. The molecule has 3 aliphatic rings. The van der Waals surface area contributed by atoms with Crippen LogP contribution in [0.5, 0.6) is 0 Å². The molecule has 1 saturated heterocycles. The van der Waals surface area contributed by atoms with Crippen LogP contribution < -0.4 is 10.6 Å². The number of hydrogen-bond donors (Lipinski definition) is 3. The second-order valence-corrected chi connectivity index (χ2v) is 8.55. The van der Waals surface area contributed by atoms with E-state index in [2.05, 4.69) is 15.5 Å². The SMILES string of the molecule is O=C1Nc2c(Cl)cc3cc(CN4CCC(O)C4)oc3c2C2(CCCCC2)N1. The third-order valence-corrected chi connectivity index (χ3v) is 6.51. The molecule has 2 aromatic rings. The number of β-amino-alcohol motifs (C(OH)–C–C–N with tert-alkyl or cyclic N) is 1. The van der Waals surface area contributed by atoms with Crippen molar-refractivity contribution in [2.75, 3.05) is 18.4 Å². The number of aliphatic hydroxyl groups is 1. The van der Waals surface area contributed by atoms with E-state index in [1.807, 2.05) is 12.1 Å². The number of halogens is 1. The minimum atomic E-state index is -0.405. The first kappa shape index (κ1) is 17.3. The maximum Gasteiger partial charge on any atom is 0.319 e. The molecule has 2 amide bonds. The number of rotatable bonds is 2. The van der Waals surface area contributed by atoms with Gasteiger partial charge in [-0.1, -0.05) is 30.9 Å². The number of nitrogens with zero attached hydrogens (tertiary/aromatic N) is 1. The molecule has 0 bridgehead atoms. The van der Waals surface area contributed by atoms with Crippen LogP contribution in [0.25, 0.3) is 11.0 Å². The van der Waals surface area contributed by atoms with Gasteiger partial charge >= 0.3 is 6.03 Å². The van der Waals surface area contributed by atoms with Gasteiger partial charge in [0.1, 0.15) is 11.3 Å². The van der Waals surface area contributed by atoms with Gasteiger partial charge in [0, 0.05) is 24.0 Å². The molecule has 6 nitrogen and oxygen atoms in total. The Balaban J connectivity index is 1.61. The van der Waals surface area contributed by atoms with Crippen molar-refractivity contribution in [3.63, 3.8) is 0 Å². The molecule has 1 unspecified atom stereocenters. The number of carbonyl (C=O) groups is 1.